The van der Waals surface area contributed by atoms with Crippen LogP contribution in [0.25, 0.3) is 10.4 Å². The van der Waals surface area contributed by atoms with Crippen molar-refractivity contribution in [1.82, 2.24) is 20.5 Å². The molecule has 36 heteroatoms. The van der Waals surface area contributed by atoms with E-state index in [4.69, 9.17) is 123 Å². The number of alkyl carbamates (subject to hydrolysis) is 1. The van der Waals surface area contributed by atoms with Crippen LogP contribution in [0.3, 0.4) is 0 Å². The Labute approximate surface area is 701 Å². The van der Waals surface area contributed by atoms with Gasteiger partial charge in [0.2, 0.25) is 11.8 Å². The molecule has 3 rings (SSSR count). The molecule has 34 nitrogen and oxygen atoms in total. The molecule has 1 saturated heterocycles. The van der Waals surface area contributed by atoms with Crippen molar-refractivity contribution in [3.63, 3.8) is 0 Å². The van der Waals surface area contributed by atoms with Crippen LogP contribution in [-0.2, 0) is 150 Å². The van der Waals surface area contributed by atoms with Gasteiger partial charge in [0.15, 0.2) is 8.32 Å². The highest BCUT2D eigenvalue weighted by molar-refractivity contribution is 7.13. The third-order valence-corrected chi connectivity index (χ3v) is 22.9. The molecule has 3 amide bonds. The number of methoxy groups -OCH3 is 1. The summed E-state index contributed by atoms with van der Waals surface area (Å²) in [5, 5.41) is 5.76. The summed E-state index contributed by atoms with van der Waals surface area (Å²) in [6.07, 6.45) is -0.877. The summed E-state index contributed by atoms with van der Waals surface area (Å²) in [5.74, 6) is -1.37. The number of likely N-dealkylation sites (tertiary alicyclic amines) is 1. The Morgan fingerprint density at radius 2 is 0.795 bits per heavy atom. The molecule has 2 heterocycles. The number of benzene rings is 1. The lowest BCUT2D eigenvalue weighted by atomic mass is 9.85. The van der Waals surface area contributed by atoms with Crippen LogP contribution in [0.15, 0.2) is 23.7 Å². The number of carbonyl (C=O) groups excluding carboxylic acids is 4. The summed E-state index contributed by atoms with van der Waals surface area (Å²) in [4.78, 5) is 62.1. The number of aromatic nitrogens is 1. The highest BCUT2D eigenvalue weighted by atomic mass is 32.1. The van der Waals surface area contributed by atoms with Gasteiger partial charge < -0.3 is 138 Å². The summed E-state index contributed by atoms with van der Waals surface area (Å²) in [5.41, 5.74) is 3.36. The van der Waals surface area contributed by atoms with Crippen LogP contribution < -0.4 is 10.6 Å². The first-order chi connectivity index (χ1) is 56.4. The number of amides is 3. The maximum atomic E-state index is 14.6. The fourth-order valence-corrected chi connectivity index (χ4v) is 12.4. The number of ether oxygens (including phenoxy) is 25. The second-order valence-electron chi connectivity index (χ2n) is 30.2. The molecule has 2 N–H and O–H groups in total. The summed E-state index contributed by atoms with van der Waals surface area (Å²) in [6.45, 7) is 43.4. The molecule has 1 fully saturated rings. The number of rotatable bonds is 78. The van der Waals surface area contributed by atoms with Crippen molar-refractivity contribution in [2.45, 2.75) is 131 Å². The molecular formula is C81H146N4O30SSi. The fourth-order valence-electron chi connectivity index (χ4n) is 10.3. The van der Waals surface area contributed by atoms with Crippen molar-refractivity contribution >= 4 is 43.5 Å². The predicted octanol–water partition coefficient (Wildman–Crippen LogP) is 6.72. The second-order valence-corrected chi connectivity index (χ2v) is 35.8. The molecule has 2 aromatic rings. The first kappa shape index (κ1) is 107. The Morgan fingerprint density at radius 3 is 1.09 bits per heavy atom. The zero-order chi connectivity index (χ0) is 85.2. The van der Waals surface area contributed by atoms with E-state index in [1.807, 2.05) is 45.9 Å². The van der Waals surface area contributed by atoms with Crippen LogP contribution in [-0.4, -0.2) is 377 Å². The molecule has 0 unspecified atom stereocenters. The number of nitrogens with zero attached hydrogens (tertiary/aromatic N) is 2. The van der Waals surface area contributed by atoms with E-state index in [0.29, 0.717) is 289 Å². The van der Waals surface area contributed by atoms with E-state index in [2.05, 4.69) is 49.5 Å². The van der Waals surface area contributed by atoms with E-state index >= 15 is 0 Å². The molecule has 0 spiro atoms. The van der Waals surface area contributed by atoms with Gasteiger partial charge in [-0.25, -0.2) is 14.6 Å². The predicted molar refractivity (Wildman–Crippen MR) is 439 cm³/mol. The van der Waals surface area contributed by atoms with Gasteiger partial charge in [-0.3, -0.25) is 9.59 Å². The Hall–Kier alpha value is -4.21. The number of hydrogen-bond acceptors (Lipinski definition) is 32. The second kappa shape index (κ2) is 68.2. The zero-order valence-electron chi connectivity index (χ0n) is 72.7. The quantitative estimate of drug-likeness (QED) is 0.0394. The number of aryl methyl sites for hydroxylation is 1. The maximum Gasteiger partial charge on any atom is 0.408 e. The molecule has 0 aliphatic carbocycles. The number of hydrogen-bond donors (Lipinski definition) is 2. The minimum Gasteiger partial charge on any atom is -0.459 e. The summed E-state index contributed by atoms with van der Waals surface area (Å²) < 4.78 is 145. The third-order valence-electron chi connectivity index (χ3n) is 17.4. The van der Waals surface area contributed by atoms with Gasteiger partial charge in [0.1, 0.15) is 30.9 Å². The van der Waals surface area contributed by atoms with Crippen molar-refractivity contribution in [3.8, 4) is 10.4 Å². The Kier molecular flexibility index (Phi) is 62.4. The van der Waals surface area contributed by atoms with Crippen LogP contribution in [0.5, 0.6) is 0 Å². The minimum absolute atomic E-state index is 0.0734. The van der Waals surface area contributed by atoms with Crippen molar-refractivity contribution < 1.29 is 142 Å². The lowest BCUT2D eigenvalue weighted by molar-refractivity contribution is -0.150. The average Bonchev–Trinajstić information content (AvgIpc) is 1.66. The highest BCUT2D eigenvalue weighted by Gasteiger charge is 2.48. The summed E-state index contributed by atoms with van der Waals surface area (Å²) in [6, 6.07) is 3.85. The van der Waals surface area contributed by atoms with Gasteiger partial charge in [-0.1, -0.05) is 53.7 Å². The fraction of sp³-hybridized carbons (Fsp3) is 0.840. The Balaban J connectivity index is 1.04. The van der Waals surface area contributed by atoms with Gasteiger partial charge in [-0.05, 0) is 74.0 Å². The first-order valence-corrected chi connectivity index (χ1v) is 44.8. The SMILES string of the molecule is COCCOCCOCCOCCOCCOCCOCCOCCOCCOCCOCCOCCOCCOCCOCCOCCOCCOCCOCCOCCOCCOCCOCC(=O)OCc1cc(-c2scnc2C)ccc1CNC(=O)[C@@H]1C[C@@H](O[Si](C)(C)C(C)(C)C)CN1C(=O)[C@@H](NC(=O)OC(C)(C)C)C(C)(C)C. The third kappa shape index (κ3) is 56.2. The van der Waals surface area contributed by atoms with Gasteiger partial charge in [0.25, 0.3) is 0 Å². The van der Waals surface area contributed by atoms with E-state index in [9.17, 15) is 19.2 Å². The first-order valence-electron chi connectivity index (χ1n) is 41.1. The summed E-state index contributed by atoms with van der Waals surface area (Å²) in [7, 11) is -0.692. The largest absolute Gasteiger partial charge is 0.459 e. The zero-order valence-corrected chi connectivity index (χ0v) is 74.6. The lowest BCUT2D eigenvalue weighted by Crippen LogP contribution is -2.58. The van der Waals surface area contributed by atoms with Gasteiger partial charge in [0.05, 0.1) is 313 Å². The van der Waals surface area contributed by atoms with Gasteiger partial charge in [-0.15, -0.1) is 11.3 Å². The molecule has 0 bridgehead atoms. The van der Waals surface area contributed by atoms with Gasteiger partial charge in [-0.2, -0.15) is 0 Å². The van der Waals surface area contributed by atoms with Crippen molar-refractivity contribution in [2.24, 2.45) is 5.41 Å². The number of thiazole rings is 1. The molecule has 1 aromatic heterocycles. The van der Waals surface area contributed by atoms with E-state index in [-0.39, 0.29) is 56.9 Å². The van der Waals surface area contributed by atoms with Gasteiger partial charge >= 0.3 is 12.1 Å². The number of carbonyl (C=O) groups is 4. The van der Waals surface area contributed by atoms with Gasteiger partial charge in [0, 0.05) is 26.6 Å². The van der Waals surface area contributed by atoms with Crippen LogP contribution in [0, 0.1) is 12.3 Å². The standard InChI is InChI=1S/C81H146N4O30SSi/c1-67-74(116-66-83-67)68-14-15-69(62-82-76(87)72-61-71(115-117(12,13)81(8,9)10)63-85(72)77(88)75(79(2,3)4)84-78(89)114-80(5,6)7)70(60-68)64-113-73(86)65-112-59-58-111-57-56-110-55-54-109-53-52-108-51-50-107-49-48-106-47-46-105-45-44-104-43-42-103-41-40-102-39-38-101-37-36-100-35-34-99-33-32-98-31-30-97-29-28-96-27-26-95-25-24-94-23-22-93-21-20-92-19-18-91-17-16-90-11/h14-15,60,66,71-72,75H,16-59,61-65H2,1-13H3,(H,82,87)(H,84,89)/t71-,72+,75-/m1/s1. The molecule has 0 saturated carbocycles. The van der Waals surface area contributed by atoms with E-state index in [0.717, 1.165) is 16.1 Å². The number of esters is 1. The van der Waals surface area contributed by atoms with Crippen LogP contribution >= 0.6 is 11.3 Å². The Morgan fingerprint density at radius 1 is 0.470 bits per heavy atom. The lowest BCUT2D eigenvalue weighted by Gasteiger charge is -2.38. The topological polar surface area (TPSA) is 348 Å². The maximum absolute atomic E-state index is 14.6. The highest BCUT2D eigenvalue weighted by Crippen LogP contribution is 2.40. The molecule has 117 heavy (non-hydrogen) atoms. The van der Waals surface area contributed by atoms with E-state index in [1.54, 1.807) is 33.4 Å². The van der Waals surface area contributed by atoms with Crippen molar-refractivity contribution in [3.05, 3.63) is 40.5 Å². The smallest absolute Gasteiger partial charge is 0.408 e. The number of nitrogens with one attached hydrogen (secondary N) is 2. The minimum atomic E-state index is -2.33. The Bertz CT molecular complexity index is 2770. The monoisotopic (exact) mass is 1710 g/mol. The molecule has 0 radical (unpaired) electrons. The molecule has 680 valence electrons. The molecule has 1 aliphatic heterocycles. The van der Waals surface area contributed by atoms with Crippen LogP contribution in [0.1, 0.15) is 85.6 Å². The molecule has 1 aromatic carbocycles. The van der Waals surface area contributed by atoms with Crippen molar-refractivity contribution in [2.75, 3.05) is 311 Å². The molecular weight excluding hydrogens is 1570 g/mol. The van der Waals surface area contributed by atoms with Crippen molar-refractivity contribution in [1.29, 1.82) is 0 Å². The van der Waals surface area contributed by atoms with E-state index in [1.165, 1.54) is 16.2 Å². The average molecular weight is 1720 g/mol. The van der Waals surface area contributed by atoms with Crippen LogP contribution in [0.4, 0.5) is 4.79 Å². The normalized spacial score (nSPS) is 14.4. The van der Waals surface area contributed by atoms with E-state index < -0.39 is 55.5 Å². The summed E-state index contributed by atoms with van der Waals surface area (Å²) >= 11 is 1.49. The van der Waals surface area contributed by atoms with Crippen LogP contribution in [0.2, 0.25) is 18.1 Å². The molecule has 1 aliphatic rings. The molecule has 3 atom stereocenters.